The summed E-state index contributed by atoms with van der Waals surface area (Å²) in [5.74, 6) is 0.193. The third kappa shape index (κ3) is 5.37. The van der Waals surface area contributed by atoms with Gasteiger partial charge in [-0.25, -0.2) is 9.78 Å². The minimum Gasteiger partial charge on any atom is -0.468 e. The van der Waals surface area contributed by atoms with Gasteiger partial charge in [0.25, 0.3) is 0 Å². The molecule has 3 rings (SSSR count). The highest BCUT2D eigenvalue weighted by atomic mass is 19.4. The zero-order valence-electron chi connectivity index (χ0n) is 13.8. The molecule has 1 aromatic heterocycles. The first kappa shape index (κ1) is 18.0. The number of aromatic nitrogens is 1. The maximum absolute atomic E-state index is 12.2. The Bertz CT molecular complexity index is 753. The number of nitrogens with one attached hydrogen (secondary N) is 2. The molecule has 0 saturated heterocycles. The summed E-state index contributed by atoms with van der Waals surface area (Å²) in [6.45, 7) is -1.24. The van der Waals surface area contributed by atoms with E-state index >= 15 is 0 Å². The number of benzene rings is 1. The number of alkyl halides is 3. The van der Waals surface area contributed by atoms with Crippen molar-refractivity contribution in [2.24, 2.45) is 0 Å². The van der Waals surface area contributed by atoms with Gasteiger partial charge in [0.2, 0.25) is 5.88 Å². The Labute approximate surface area is 148 Å². The van der Waals surface area contributed by atoms with E-state index < -0.39 is 12.8 Å². The smallest absolute Gasteiger partial charge is 0.422 e. The monoisotopic (exact) mass is 365 g/mol. The predicted molar refractivity (Wildman–Crippen MR) is 88.7 cm³/mol. The van der Waals surface area contributed by atoms with E-state index in [9.17, 15) is 18.0 Å². The Morgan fingerprint density at radius 1 is 1.23 bits per heavy atom. The minimum atomic E-state index is -4.42. The van der Waals surface area contributed by atoms with Crippen LogP contribution >= 0.6 is 0 Å². The summed E-state index contributed by atoms with van der Waals surface area (Å²) in [4.78, 5) is 15.7. The van der Waals surface area contributed by atoms with E-state index in [1.807, 2.05) is 30.3 Å². The standard InChI is InChI=1S/C18H18F3N3O2/c19-18(20,21)11-26-16-8-12(6-7-22-16)10-23-17(25)24-15-9-14(15)13-4-2-1-3-5-13/h1-8,14-15H,9-11H2,(H2,23,24,25)/t14-,15+/m0/s1. The molecule has 1 aromatic carbocycles. The molecule has 2 aromatic rings. The number of hydrogen-bond donors (Lipinski definition) is 2. The van der Waals surface area contributed by atoms with Gasteiger partial charge < -0.3 is 15.4 Å². The van der Waals surface area contributed by atoms with Gasteiger partial charge in [-0.2, -0.15) is 13.2 Å². The minimum absolute atomic E-state index is 0.0977. The Morgan fingerprint density at radius 3 is 2.73 bits per heavy atom. The van der Waals surface area contributed by atoms with Crippen LogP contribution in [0.2, 0.25) is 0 Å². The van der Waals surface area contributed by atoms with Crippen LogP contribution in [0.15, 0.2) is 48.7 Å². The van der Waals surface area contributed by atoms with Gasteiger partial charge in [-0.05, 0) is 23.6 Å². The lowest BCUT2D eigenvalue weighted by atomic mass is 10.1. The number of pyridine rings is 1. The van der Waals surface area contributed by atoms with Gasteiger partial charge in [0.1, 0.15) is 0 Å². The SMILES string of the molecule is O=C(NCc1ccnc(OCC(F)(F)F)c1)N[C@@H]1C[C@H]1c1ccccc1. The molecule has 2 atom stereocenters. The van der Waals surface area contributed by atoms with Crippen molar-refractivity contribution in [2.75, 3.05) is 6.61 Å². The van der Waals surface area contributed by atoms with Crippen molar-refractivity contribution in [3.63, 3.8) is 0 Å². The Balaban J connectivity index is 1.44. The van der Waals surface area contributed by atoms with E-state index in [0.717, 1.165) is 6.42 Å². The van der Waals surface area contributed by atoms with Crippen molar-refractivity contribution in [3.8, 4) is 5.88 Å². The highest BCUT2D eigenvalue weighted by Crippen LogP contribution is 2.40. The molecule has 0 unspecified atom stereocenters. The van der Waals surface area contributed by atoms with Crippen LogP contribution in [0.3, 0.4) is 0 Å². The summed E-state index contributed by atoms with van der Waals surface area (Å²) in [5.41, 5.74) is 1.79. The molecule has 0 radical (unpaired) electrons. The lowest BCUT2D eigenvalue weighted by molar-refractivity contribution is -0.154. The Kier molecular flexibility index (Phi) is 5.29. The first-order valence-corrected chi connectivity index (χ1v) is 8.14. The van der Waals surface area contributed by atoms with E-state index in [2.05, 4.69) is 20.4 Å². The number of rotatable bonds is 6. The van der Waals surface area contributed by atoms with Crippen LogP contribution < -0.4 is 15.4 Å². The fourth-order valence-electron chi connectivity index (χ4n) is 2.62. The lowest BCUT2D eigenvalue weighted by Crippen LogP contribution is -2.36. The fraction of sp³-hybridized carbons (Fsp3) is 0.333. The molecule has 2 amide bonds. The van der Waals surface area contributed by atoms with Gasteiger partial charge in [0, 0.05) is 30.8 Å². The Hall–Kier alpha value is -2.77. The average Bonchev–Trinajstić information content (AvgIpc) is 3.38. The van der Waals surface area contributed by atoms with E-state index in [4.69, 9.17) is 0 Å². The third-order valence-corrected chi connectivity index (χ3v) is 3.97. The van der Waals surface area contributed by atoms with Gasteiger partial charge in [-0.3, -0.25) is 0 Å². The first-order chi connectivity index (χ1) is 12.4. The molecule has 1 aliphatic carbocycles. The van der Waals surface area contributed by atoms with Crippen LogP contribution in [0.25, 0.3) is 0 Å². The van der Waals surface area contributed by atoms with Gasteiger partial charge in [-0.15, -0.1) is 0 Å². The topological polar surface area (TPSA) is 63.2 Å². The van der Waals surface area contributed by atoms with Crippen molar-refractivity contribution in [2.45, 2.75) is 31.1 Å². The maximum atomic E-state index is 12.2. The number of carbonyl (C=O) groups excluding carboxylic acids is 1. The molecule has 0 spiro atoms. The molecule has 0 bridgehead atoms. The van der Waals surface area contributed by atoms with Gasteiger partial charge in [0.05, 0.1) is 0 Å². The molecule has 1 heterocycles. The van der Waals surface area contributed by atoms with Crippen molar-refractivity contribution >= 4 is 6.03 Å². The Morgan fingerprint density at radius 2 is 2.00 bits per heavy atom. The van der Waals surface area contributed by atoms with Crippen LogP contribution in [0.4, 0.5) is 18.0 Å². The van der Waals surface area contributed by atoms with Crippen LogP contribution in [0.5, 0.6) is 5.88 Å². The lowest BCUT2D eigenvalue weighted by Gasteiger charge is -2.10. The predicted octanol–water partition coefficient (Wildman–Crippen LogP) is 3.38. The van der Waals surface area contributed by atoms with Crippen LogP contribution in [-0.2, 0) is 6.54 Å². The van der Waals surface area contributed by atoms with Crippen LogP contribution in [0, 0.1) is 0 Å². The molecule has 1 aliphatic rings. The summed E-state index contributed by atoms with van der Waals surface area (Å²) < 4.78 is 41.1. The van der Waals surface area contributed by atoms with Gasteiger partial charge >= 0.3 is 12.2 Å². The normalized spacial score (nSPS) is 18.9. The van der Waals surface area contributed by atoms with Gasteiger partial charge in [0.15, 0.2) is 6.61 Å². The number of amides is 2. The third-order valence-electron chi connectivity index (χ3n) is 3.97. The number of nitrogens with zero attached hydrogens (tertiary/aromatic N) is 1. The summed E-state index contributed by atoms with van der Waals surface area (Å²) in [6.07, 6.45) is -2.19. The molecule has 0 aliphatic heterocycles. The van der Waals surface area contributed by atoms with Crippen LogP contribution in [0.1, 0.15) is 23.5 Å². The summed E-state index contributed by atoms with van der Waals surface area (Å²) in [7, 11) is 0. The molecule has 2 N–H and O–H groups in total. The number of urea groups is 1. The van der Waals surface area contributed by atoms with Crippen molar-refractivity contribution in [3.05, 3.63) is 59.8 Å². The summed E-state index contributed by atoms with van der Waals surface area (Å²) >= 11 is 0. The first-order valence-electron chi connectivity index (χ1n) is 8.14. The molecule has 138 valence electrons. The van der Waals surface area contributed by atoms with E-state index in [1.165, 1.54) is 17.8 Å². The molecule has 1 saturated carbocycles. The number of halogens is 3. The summed E-state index contributed by atoms with van der Waals surface area (Å²) in [6, 6.07) is 12.7. The maximum Gasteiger partial charge on any atom is 0.422 e. The molecule has 26 heavy (non-hydrogen) atoms. The second-order valence-corrected chi connectivity index (χ2v) is 6.09. The van der Waals surface area contributed by atoms with Crippen molar-refractivity contribution in [1.82, 2.24) is 15.6 Å². The second kappa shape index (κ2) is 7.63. The largest absolute Gasteiger partial charge is 0.468 e. The van der Waals surface area contributed by atoms with Gasteiger partial charge in [-0.1, -0.05) is 30.3 Å². The van der Waals surface area contributed by atoms with E-state index in [1.54, 1.807) is 6.07 Å². The highest BCUT2D eigenvalue weighted by molar-refractivity contribution is 5.74. The number of hydrogen-bond acceptors (Lipinski definition) is 3. The molecular formula is C18H18F3N3O2. The number of ether oxygens (including phenoxy) is 1. The van der Waals surface area contributed by atoms with E-state index in [0.29, 0.717) is 11.5 Å². The molecular weight excluding hydrogens is 347 g/mol. The average molecular weight is 365 g/mol. The molecule has 5 nitrogen and oxygen atoms in total. The summed E-state index contributed by atoms with van der Waals surface area (Å²) in [5, 5.41) is 5.57. The highest BCUT2D eigenvalue weighted by Gasteiger charge is 2.39. The fourth-order valence-corrected chi connectivity index (χ4v) is 2.62. The molecule has 8 heteroatoms. The molecule has 1 fully saturated rings. The second-order valence-electron chi connectivity index (χ2n) is 6.09. The van der Waals surface area contributed by atoms with Crippen LogP contribution in [-0.4, -0.2) is 29.8 Å². The van der Waals surface area contributed by atoms with E-state index in [-0.39, 0.29) is 24.5 Å². The number of carbonyl (C=O) groups is 1. The zero-order chi connectivity index (χ0) is 18.6. The zero-order valence-corrected chi connectivity index (χ0v) is 13.8. The van der Waals surface area contributed by atoms with Crippen molar-refractivity contribution < 1.29 is 22.7 Å². The van der Waals surface area contributed by atoms with Crippen molar-refractivity contribution in [1.29, 1.82) is 0 Å². The quantitative estimate of drug-likeness (QED) is 0.825.